The molecule has 4 aromatic rings. The number of hydrogen-bond donors (Lipinski definition) is 1. The standard InChI is InChI=1S/C17H21NO4.C12H13NO2.C10H18O5/c1-5-21-15(19)11-13-10-12-8-6-7-9-14(12)18(13)16(20)22-17(2,3)4;1-2-15-12(14)8-10-7-9-5-3-4-6-11(9)13-10;1-9(2,3)14-7(11)13-8(12)15-10(4,5)6/h6-10H,5,11H2,1-4H3;3-7,13H,2,8H2,1H3;1-6H3. The molecular formula is C39H52N2O11. The summed E-state index contributed by atoms with van der Waals surface area (Å²) in [4.78, 5) is 60.7. The molecule has 0 fully saturated rings. The average Bonchev–Trinajstić information content (AvgIpc) is 3.55. The molecule has 2 aromatic carbocycles. The first kappa shape index (κ1) is 42.8. The van der Waals surface area contributed by atoms with Crippen LogP contribution in [0.4, 0.5) is 14.4 Å². The van der Waals surface area contributed by atoms with Crippen molar-refractivity contribution in [3.05, 3.63) is 72.1 Å². The van der Waals surface area contributed by atoms with Crippen LogP contribution in [-0.2, 0) is 50.9 Å². The van der Waals surface area contributed by atoms with E-state index in [1.807, 2.05) is 88.4 Å². The third kappa shape index (κ3) is 15.7. The summed E-state index contributed by atoms with van der Waals surface area (Å²) in [6, 6.07) is 19.2. The van der Waals surface area contributed by atoms with Crippen LogP contribution < -0.4 is 0 Å². The fraction of sp³-hybridized carbons (Fsp3) is 0.462. The molecule has 0 atom stereocenters. The van der Waals surface area contributed by atoms with Crippen molar-refractivity contribution < 1.29 is 52.4 Å². The summed E-state index contributed by atoms with van der Waals surface area (Å²) in [6.07, 6.45) is -2.27. The Balaban J connectivity index is 0.000000279. The topological polar surface area (TPSA) is 161 Å². The van der Waals surface area contributed by atoms with E-state index in [1.165, 1.54) is 4.57 Å². The number of esters is 2. The number of nitrogens with zero attached hydrogens (tertiary/aromatic N) is 1. The van der Waals surface area contributed by atoms with Crippen molar-refractivity contribution in [3.8, 4) is 0 Å². The zero-order chi connectivity index (χ0) is 39.3. The molecule has 0 saturated carbocycles. The van der Waals surface area contributed by atoms with E-state index in [0.29, 0.717) is 25.3 Å². The van der Waals surface area contributed by atoms with Crippen molar-refractivity contribution in [3.63, 3.8) is 0 Å². The highest BCUT2D eigenvalue weighted by molar-refractivity contribution is 5.92. The number of hydrogen-bond acceptors (Lipinski definition) is 11. The molecule has 0 bridgehead atoms. The van der Waals surface area contributed by atoms with Crippen molar-refractivity contribution in [1.29, 1.82) is 0 Å². The van der Waals surface area contributed by atoms with Gasteiger partial charge in [-0.05, 0) is 106 Å². The second kappa shape index (κ2) is 18.8. The van der Waals surface area contributed by atoms with Gasteiger partial charge >= 0.3 is 30.3 Å². The van der Waals surface area contributed by atoms with Crippen molar-refractivity contribution in [2.24, 2.45) is 0 Å². The van der Waals surface area contributed by atoms with Crippen LogP contribution in [0.1, 0.15) is 87.5 Å². The Kier molecular flexibility index (Phi) is 15.5. The molecule has 284 valence electrons. The molecule has 0 spiro atoms. The predicted octanol–water partition coefficient (Wildman–Crippen LogP) is 8.68. The van der Waals surface area contributed by atoms with Crippen LogP contribution in [0.3, 0.4) is 0 Å². The molecule has 13 nitrogen and oxygen atoms in total. The maximum Gasteiger partial charge on any atom is 0.519 e. The Hall–Kier alpha value is -5.33. The van der Waals surface area contributed by atoms with E-state index in [-0.39, 0.29) is 18.4 Å². The maximum absolute atomic E-state index is 12.5. The Morgan fingerprint density at radius 2 is 1.10 bits per heavy atom. The number of carbonyl (C=O) groups excluding carboxylic acids is 5. The summed E-state index contributed by atoms with van der Waals surface area (Å²) < 4.78 is 30.5. The summed E-state index contributed by atoms with van der Waals surface area (Å²) in [5, 5.41) is 2.00. The minimum atomic E-state index is -1.06. The summed E-state index contributed by atoms with van der Waals surface area (Å²) in [5.74, 6) is -0.556. The van der Waals surface area contributed by atoms with Gasteiger partial charge in [-0.2, -0.15) is 0 Å². The summed E-state index contributed by atoms with van der Waals surface area (Å²) in [6.45, 7) is 19.7. The lowest BCUT2D eigenvalue weighted by Crippen LogP contribution is -2.29. The molecule has 0 unspecified atom stereocenters. The van der Waals surface area contributed by atoms with E-state index in [0.717, 1.165) is 27.5 Å². The minimum absolute atomic E-state index is 0.0295. The predicted molar refractivity (Wildman–Crippen MR) is 196 cm³/mol. The third-order valence-electron chi connectivity index (χ3n) is 6.17. The van der Waals surface area contributed by atoms with E-state index >= 15 is 0 Å². The maximum atomic E-state index is 12.5. The molecule has 52 heavy (non-hydrogen) atoms. The van der Waals surface area contributed by atoms with Crippen LogP contribution in [0.2, 0.25) is 0 Å². The molecule has 4 rings (SSSR count). The van der Waals surface area contributed by atoms with Gasteiger partial charge in [0.2, 0.25) is 0 Å². The van der Waals surface area contributed by atoms with Gasteiger partial charge in [-0.1, -0.05) is 36.4 Å². The fourth-order valence-electron chi connectivity index (χ4n) is 4.43. The van der Waals surface area contributed by atoms with Crippen LogP contribution in [0, 0.1) is 0 Å². The molecule has 2 heterocycles. The number of carbonyl (C=O) groups is 5. The van der Waals surface area contributed by atoms with E-state index in [4.69, 9.17) is 23.7 Å². The van der Waals surface area contributed by atoms with Gasteiger partial charge in [0.05, 0.1) is 31.6 Å². The minimum Gasteiger partial charge on any atom is -0.466 e. The van der Waals surface area contributed by atoms with Crippen LogP contribution in [0.5, 0.6) is 0 Å². The first-order valence-electron chi connectivity index (χ1n) is 16.9. The lowest BCUT2D eigenvalue weighted by atomic mass is 10.2. The number of aromatic nitrogens is 2. The highest BCUT2D eigenvalue weighted by Crippen LogP contribution is 2.23. The van der Waals surface area contributed by atoms with E-state index in [2.05, 4.69) is 9.72 Å². The zero-order valence-corrected chi connectivity index (χ0v) is 32.0. The van der Waals surface area contributed by atoms with E-state index in [9.17, 15) is 24.0 Å². The second-order valence-electron chi connectivity index (χ2n) is 14.4. The van der Waals surface area contributed by atoms with Gasteiger partial charge in [-0.25, -0.2) is 19.0 Å². The Morgan fingerprint density at radius 1 is 0.615 bits per heavy atom. The summed E-state index contributed by atoms with van der Waals surface area (Å²) in [7, 11) is 0. The highest BCUT2D eigenvalue weighted by atomic mass is 16.8. The van der Waals surface area contributed by atoms with Gasteiger partial charge in [0, 0.05) is 22.3 Å². The van der Waals surface area contributed by atoms with Gasteiger partial charge in [0.25, 0.3) is 0 Å². The molecule has 0 aliphatic heterocycles. The fourth-order valence-corrected chi connectivity index (χ4v) is 4.43. The van der Waals surface area contributed by atoms with Crippen molar-refractivity contribution in [2.75, 3.05) is 13.2 Å². The molecule has 0 radical (unpaired) electrons. The SMILES string of the molecule is CC(C)(C)OC(=O)OC(=O)OC(C)(C)C.CCOC(=O)Cc1cc2ccccc2[nH]1.CCOC(=O)Cc1cc2ccccc2n1C(=O)OC(C)(C)C. The van der Waals surface area contributed by atoms with Crippen molar-refractivity contribution in [1.82, 2.24) is 9.55 Å². The number of para-hydroxylation sites is 2. The Labute approximate surface area is 304 Å². The van der Waals surface area contributed by atoms with Gasteiger partial charge in [0.1, 0.15) is 16.8 Å². The lowest BCUT2D eigenvalue weighted by Gasteiger charge is -2.20. The molecule has 0 amide bonds. The first-order valence-corrected chi connectivity index (χ1v) is 16.9. The number of nitrogens with one attached hydrogen (secondary N) is 1. The molecule has 13 heteroatoms. The number of ether oxygens (including phenoxy) is 6. The van der Waals surface area contributed by atoms with Crippen LogP contribution in [-0.4, -0.2) is 69.9 Å². The number of aromatic amines is 1. The highest BCUT2D eigenvalue weighted by Gasteiger charge is 2.25. The lowest BCUT2D eigenvalue weighted by molar-refractivity contribution is -0.143. The quantitative estimate of drug-likeness (QED) is 0.115. The number of H-pyrrole nitrogens is 1. The Bertz CT molecular complexity index is 1760. The van der Waals surface area contributed by atoms with Crippen LogP contribution in [0.15, 0.2) is 60.7 Å². The Morgan fingerprint density at radius 3 is 1.60 bits per heavy atom. The van der Waals surface area contributed by atoms with Gasteiger partial charge in [-0.15, -0.1) is 0 Å². The molecule has 0 saturated heterocycles. The average molecular weight is 725 g/mol. The smallest absolute Gasteiger partial charge is 0.466 e. The number of fused-ring (bicyclic) bond motifs is 2. The number of rotatable bonds is 6. The number of benzene rings is 2. The normalized spacial score (nSPS) is 11.3. The largest absolute Gasteiger partial charge is 0.519 e. The molecule has 2 aromatic heterocycles. The molecule has 1 N–H and O–H groups in total. The summed E-state index contributed by atoms with van der Waals surface area (Å²) in [5.41, 5.74) is 1.23. The second-order valence-corrected chi connectivity index (χ2v) is 14.4. The monoisotopic (exact) mass is 724 g/mol. The molecular weight excluding hydrogens is 672 g/mol. The first-order chi connectivity index (χ1) is 24.1. The zero-order valence-electron chi connectivity index (χ0n) is 32.0. The molecule has 0 aliphatic rings. The van der Waals surface area contributed by atoms with Gasteiger partial charge < -0.3 is 33.4 Å². The van der Waals surface area contributed by atoms with E-state index < -0.39 is 35.2 Å². The van der Waals surface area contributed by atoms with Gasteiger partial charge in [0.15, 0.2) is 0 Å². The van der Waals surface area contributed by atoms with Crippen molar-refractivity contribution in [2.45, 2.75) is 106 Å². The van der Waals surface area contributed by atoms with Gasteiger partial charge in [-0.3, -0.25) is 9.59 Å². The van der Waals surface area contributed by atoms with Crippen LogP contribution >= 0.6 is 0 Å². The van der Waals surface area contributed by atoms with E-state index in [1.54, 1.807) is 48.5 Å². The summed E-state index contributed by atoms with van der Waals surface area (Å²) >= 11 is 0. The van der Waals surface area contributed by atoms with Crippen LogP contribution in [0.25, 0.3) is 21.8 Å². The van der Waals surface area contributed by atoms with Crippen molar-refractivity contribution >= 4 is 52.1 Å². The third-order valence-corrected chi connectivity index (χ3v) is 6.17. The molecule has 0 aliphatic carbocycles.